The molecule has 0 aliphatic carbocycles. The average Bonchev–Trinajstić information content (AvgIpc) is 2.60. The van der Waals surface area contributed by atoms with Gasteiger partial charge in [0, 0.05) is 12.3 Å². The zero-order valence-corrected chi connectivity index (χ0v) is 9.02. The van der Waals surface area contributed by atoms with E-state index in [1.165, 1.54) is 0 Å². The third-order valence-corrected chi connectivity index (χ3v) is 3.29. The molecule has 1 heterocycles. The molecule has 0 saturated carbocycles. The Kier molecular flexibility index (Phi) is 4.28. The molecule has 0 aromatic rings. The van der Waals surface area contributed by atoms with Crippen molar-refractivity contribution in [2.45, 2.75) is 12.0 Å². The Hall–Kier alpha value is -0.680. The van der Waals surface area contributed by atoms with Crippen LogP contribution in [-0.2, 0) is 0 Å². The van der Waals surface area contributed by atoms with E-state index in [9.17, 15) is 5.11 Å². The molecule has 4 N–H and O–H groups in total. The predicted octanol–water partition coefficient (Wildman–Crippen LogP) is -0.0553. The number of guanidine groups is 1. The predicted molar refractivity (Wildman–Crippen MR) is 61.6 cm³/mol. The molecule has 0 bridgehead atoms. The van der Waals surface area contributed by atoms with Gasteiger partial charge in [0.05, 0.1) is 12.1 Å². The van der Waals surface area contributed by atoms with Crippen LogP contribution in [0.1, 0.15) is 6.42 Å². The van der Waals surface area contributed by atoms with Gasteiger partial charge in [0.1, 0.15) is 0 Å². The molecular formula is C9H17N3OS. The summed E-state index contributed by atoms with van der Waals surface area (Å²) in [7, 11) is 0. The van der Waals surface area contributed by atoms with Crippen molar-refractivity contribution in [2.75, 3.05) is 24.6 Å². The number of hydrogen-bond acceptors (Lipinski definition) is 3. The smallest absolute Gasteiger partial charge is 0.188 e. The highest BCUT2D eigenvalue weighted by Crippen LogP contribution is 2.27. The molecule has 0 aromatic heterocycles. The summed E-state index contributed by atoms with van der Waals surface area (Å²) in [4.78, 5) is 4.09. The van der Waals surface area contributed by atoms with Gasteiger partial charge in [-0.1, -0.05) is 6.08 Å². The molecule has 0 amide bonds. The second-order valence-corrected chi connectivity index (χ2v) is 4.50. The molecule has 0 radical (unpaired) electrons. The van der Waals surface area contributed by atoms with Gasteiger partial charge in [-0.15, -0.1) is 6.58 Å². The maximum Gasteiger partial charge on any atom is 0.188 e. The molecule has 5 heteroatoms. The summed E-state index contributed by atoms with van der Waals surface area (Å²) >= 11 is 1.75. The van der Waals surface area contributed by atoms with Crippen LogP contribution in [0.5, 0.6) is 0 Å². The molecule has 0 aromatic carbocycles. The highest BCUT2D eigenvalue weighted by Gasteiger charge is 2.31. The van der Waals surface area contributed by atoms with Gasteiger partial charge >= 0.3 is 0 Å². The number of hydrogen-bond donors (Lipinski definition) is 3. The Bertz CT molecular complexity index is 224. The van der Waals surface area contributed by atoms with E-state index in [1.54, 1.807) is 17.8 Å². The summed E-state index contributed by atoms with van der Waals surface area (Å²) in [5, 5.41) is 12.8. The van der Waals surface area contributed by atoms with E-state index >= 15 is 0 Å². The van der Waals surface area contributed by atoms with E-state index < -0.39 is 5.60 Å². The first-order valence-electron chi connectivity index (χ1n) is 4.61. The topological polar surface area (TPSA) is 70.6 Å². The molecule has 1 atom stereocenters. The van der Waals surface area contributed by atoms with E-state index in [0.29, 0.717) is 19.0 Å². The van der Waals surface area contributed by atoms with Crippen molar-refractivity contribution in [1.29, 1.82) is 0 Å². The van der Waals surface area contributed by atoms with Crippen molar-refractivity contribution in [3.8, 4) is 0 Å². The number of aliphatic hydroxyl groups is 1. The van der Waals surface area contributed by atoms with Crippen LogP contribution in [0.2, 0.25) is 0 Å². The van der Waals surface area contributed by atoms with Crippen LogP contribution in [0.3, 0.4) is 0 Å². The first-order valence-corrected chi connectivity index (χ1v) is 5.76. The molecule has 1 aliphatic rings. The second kappa shape index (κ2) is 5.26. The van der Waals surface area contributed by atoms with Crippen molar-refractivity contribution >= 4 is 17.7 Å². The third kappa shape index (κ3) is 3.59. The van der Waals surface area contributed by atoms with Gasteiger partial charge in [-0.05, 0) is 12.2 Å². The minimum absolute atomic E-state index is 0.371. The van der Waals surface area contributed by atoms with Crippen LogP contribution in [0.4, 0.5) is 0 Å². The number of thioether (sulfide) groups is 1. The third-order valence-electron chi connectivity index (χ3n) is 2.05. The van der Waals surface area contributed by atoms with Crippen LogP contribution < -0.4 is 11.1 Å². The molecule has 4 nitrogen and oxygen atoms in total. The SMILES string of the molecule is C=CCNC(N)=NCC1(O)CCSC1. The number of nitrogens with zero attached hydrogens (tertiary/aromatic N) is 1. The summed E-state index contributed by atoms with van der Waals surface area (Å²) in [6.45, 7) is 4.54. The van der Waals surface area contributed by atoms with Crippen molar-refractivity contribution in [3.63, 3.8) is 0 Å². The van der Waals surface area contributed by atoms with Crippen molar-refractivity contribution in [3.05, 3.63) is 12.7 Å². The normalized spacial score (nSPS) is 27.6. The fourth-order valence-electron chi connectivity index (χ4n) is 1.19. The van der Waals surface area contributed by atoms with Gasteiger partial charge in [0.2, 0.25) is 0 Å². The van der Waals surface area contributed by atoms with E-state index in [2.05, 4.69) is 16.9 Å². The maximum absolute atomic E-state index is 9.93. The lowest BCUT2D eigenvalue weighted by Gasteiger charge is -2.18. The van der Waals surface area contributed by atoms with E-state index in [4.69, 9.17) is 5.73 Å². The van der Waals surface area contributed by atoms with Gasteiger partial charge < -0.3 is 16.2 Å². The largest absolute Gasteiger partial charge is 0.387 e. The van der Waals surface area contributed by atoms with Gasteiger partial charge in [-0.25, -0.2) is 0 Å². The fourth-order valence-corrected chi connectivity index (χ4v) is 2.47. The highest BCUT2D eigenvalue weighted by atomic mass is 32.2. The van der Waals surface area contributed by atoms with Crippen LogP contribution in [-0.4, -0.2) is 41.3 Å². The Balaban J connectivity index is 2.32. The average molecular weight is 215 g/mol. The van der Waals surface area contributed by atoms with Crippen LogP contribution in [0, 0.1) is 0 Å². The summed E-state index contributed by atoms with van der Waals surface area (Å²) in [5.74, 6) is 2.13. The van der Waals surface area contributed by atoms with E-state index in [0.717, 1.165) is 17.9 Å². The number of aliphatic imine (C=N–C) groups is 1. The lowest BCUT2D eigenvalue weighted by atomic mass is 10.1. The zero-order valence-electron chi connectivity index (χ0n) is 8.20. The Morgan fingerprint density at radius 1 is 1.79 bits per heavy atom. The standard InChI is InChI=1S/C9H17N3OS/c1-2-4-11-8(10)12-6-9(13)3-5-14-7-9/h2,13H,1,3-7H2,(H3,10,11,12). The van der Waals surface area contributed by atoms with Gasteiger partial charge in [-0.2, -0.15) is 11.8 Å². The molecule has 1 saturated heterocycles. The lowest BCUT2D eigenvalue weighted by Crippen LogP contribution is -2.37. The fraction of sp³-hybridized carbons (Fsp3) is 0.667. The summed E-state index contributed by atoms with van der Waals surface area (Å²) < 4.78 is 0. The zero-order chi connectivity index (χ0) is 10.4. The van der Waals surface area contributed by atoms with Crippen molar-refractivity contribution < 1.29 is 5.11 Å². The monoisotopic (exact) mass is 215 g/mol. The maximum atomic E-state index is 9.93. The molecular weight excluding hydrogens is 198 g/mol. The van der Waals surface area contributed by atoms with Crippen LogP contribution in [0.25, 0.3) is 0 Å². The van der Waals surface area contributed by atoms with Crippen molar-refractivity contribution in [2.24, 2.45) is 10.7 Å². The number of nitrogens with two attached hydrogens (primary N) is 1. The molecule has 1 unspecified atom stereocenters. The summed E-state index contributed by atoms with van der Waals surface area (Å²) in [6, 6.07) is 0. The lowest BCUT2D eigenvalue weighted by molar-refractivity contribution is 0.0779. The number of rotatable bonds is 4. The van der Waals surface area contributed by atoms with Gasteiger partial charge in [0.15, 0.2) is 5.96 Å². The van der Waals surface area contributed by atoms with Gasteiger partial charge in [-0.3, -0.25) is 4.99 Å². The summed E-state index contributed by atoms with van der Waals surface area (Å²) in [6.07, 6.45) is 2.51. The number of nitrogens with one attached hydrogen (secondary N) is 1. The molecule has 14 heavy (non-hydrogen) atoms. The Labute approximate surface area is 88.7 Å². The second-order valence-electron chi connectivity index (χ2n) is 3.40. The van der Waals surface area contributed by atoms with Crippen LogP contribution in [0.15, 0.2) is 17.6 Å². The Morgan fingerprint density at radius 2 is 2.57 bits per heavy atom. The Morgan fingerprint density at radius 3 is 3.14 bits per heavy atom. The molecule has 1 rings (SSSR count). The van der Waals surface area contributed by atoms with E-state index in [-0.39, 0.29) is 0 Å². The quantitative estimate of drug-likeness (QED) is 0.349. The molecule has 0 spiro atoms. The van der Waals surface area contributed by atoms with E-state index in [1.807, 2.05) is 0 Å². The molecule has 1 aliphatic heterocycles. The highest BCUT2D eigenvalue weighted by molar-refractivity contribution is 7.99. The first kappa shape index (κ1) is 11.4. The molecule has 1 fully saturated rings. The molecule has 80 valence electrons. The van der Waals surface area contributed by atoms with Crippen molar-refractivity contribution in [1.82, 2.24) is 5.32 Å². The first-order chi connectivity index (χ1) is 6.66. The minimum Gasteiger partial charge on any atom is -0.387 e. The minimum atomic E-state index is -0.648. The van der Waals surface area contributed by atoms with Crippen LogP contribution >= 0.6 is 11.8 Å². The summed E-state index contributed by atoms with van der Waals surface area (Å²) in [5.41, 5.74) is 4.92. The van der Waals surface area contributed by atoms with Gasteiger partial charge in [0.25, 0.3) is 0 Å².